The summed E-state index contributed by atoms with van der Waals surface area (Å²) in [5.41, 5.74) is 0. The Labute approximate surface area is 187 Å². The molecule has 6 unspecified atom stereocenters. The molecule has 0 N–H and O–H groups in total. The highest BCUT2D eigenvalue weighted by Gasteiger charge is 2.11. The van der Waals surface area contributed by atoms with Crippen LogP contribution in [0.25, 0.3) is 0 Å². The fraction of sp³-hybridized carbons (Fsp3) is 0.478. The molecule has 0 aromatic rings. The zero-order chi connectivity index (χ0) is 21.7. The maximum absolute atomic E-state index is 5.91. The van der Waals surface area contributed by atoms with E-state index in [2.05, 4.69) is 103 Å². The van der Waals surface area contributed by atoms with Gasteiger partial charge in [0.05, 0.1) is 19.7 Å². The van der Waals surface area contributed by atoms with Crippen molar-refractivity contribution in [1.29, 1.82) is 0 Å². The van der Waals surface area contributed by atoms with E-state index in [0.29, 0.717) is 5.92 Å². The number of unbranched alkanes of at least 4 members (excludes halogenated alkanes) is 1. The van der Waals surface area contributed by atoms with E-state index in [1.54, 1.807) is 0 Å². The van der Waals surface area contributed by atoms with Crippen LogP contribution in [0.4, 0.5) is 0 Å². The molecule has 0 spiro atoms. The van der Waals surface area contributed by atoms with Crippen molar-refractivity contribution in [2.45, 2.75) is 65.1 Å². The second kappa shape index (κ2) is 21.3. The third-order valence-electron chi connectivity index (χ3n) is 4.08. The zero-order valence-electron chi connectivity index (χ0n) is 18.2. The van der Waals surface area contributed by atoms with Crippen LogP contribution in [-0.4, -0.2) is 12.2 Å². The largest absolute Gasteiger partial charge is 0.362 e. The standard InChI is InChI=1S/C23H40O2P4/c1-4-6-8-16-20-23(24-26)21(3)17-14-11-9-10-12-15-19-22(25-29(27)28)18-13-7-5-2/h7-17,19,21-23H,4-6,18,20,26-28H2,1-3H3/b11-9-,12-10-,13-7-,16-8-,17-14+,19-15+. The van der Waals surface area contributed by atoms with Gasteiger partial charge in [-0.15, -0.1) is 0 Å². The van der Waals surface area contributed by atoms with E-state index in [9.17, 15) is 0 Å². The van der Waals surface area contributed by atoms with Gasteiger partial charge in [0.15, 0.2) is 0 Å². The Kier molecular flexibility index (Phi) is 21.4. The molecular formula is C23H40O2P4. The van der Waals surface area contributed by atoms with Crippen LogP contribution in [0.15, 0.2) is 72.9 Å². The molecule has 0 rings (SSSR count). The fourth-order valence-electron chi connectivity index (χ4n) is 2.43. The van der Waals surface area contributed by atoms with Gasteiger partial charge in [0.25, 0.3) is 0 Å². The number of hydrogen-bond acceptors (Lipinski definition) is 2. The summed E-state index contributed by atoms with van der Waals surface area (Å²) in [6, 6.07) is 0. The lowest BCUT2D eigenvalue weighted by molar-refractivity contribution is 0.199. The molecule has 0 aromatic heterocycles. The molecule has 0 heterocycles. The van der Waals surface area contributed by atoms with Crippen LogP contribution in [0.5, 0.6) is 0 Å². The van der Waals surface area contributed by atoms with Crippen molar-refractivity contribution < 1.29 is 9.05 Å². The van der Waals surface area contributed by atoms with Crippen molar-refractivity contribution >= 4 is 34.8 Å². The zero-order valence-corrected chi connectivity index (χ0v) is 22.6. The van der Waals surface area contributed by atoms with Crippen LogP contribution in [0, 0.1) is 5.92 Å². The molecule has 0 aliphatic rings. The third-order valence-corrected chi connectivity index (χ3v) is 5.67. The van der Waals surface area contributed by atoms with Crippen molar-refractivity contribution in [1.82, 2.24) is 0 Å². The van der Waals surface area contributed by atoms with Crippen LogP contribution >= 0.6 is 34.8 Å². The Morgan fingerprint density at radius 3 is 2.03 bits per heavy atom. The smallest absolute Gasteiger partial charge is 0.0844 e. The van der Waals surface area contributed by atoms with Crippen molar-refractivity contribution in [2.24, 2.45) is 5.92 Å². The van der Waals surface area contributed by atoms with E-state index in [-0.39, 0.29) is 12.2 Å². The van der Waals surface area contributed by atoms with Gasteiger partial charge in [-0.2, -0.15) is 0 Å². The molecule has 0 aliphatic heterocycles. The Bertz CT molecular complexity index is 551. The minimum Gasteiger partial charge on any atom is -0.362 e. The molecule has 2 nitrogen and oxygen atoms in total. The summed E-state index contributed by atoms with van der Waals surface area (Å²) in [6.45, 7) is 6.52. The first-order chi connectivity index (χ1) is 14.0. The van der Waals surface area contributed by atoms with Crippen molar-refractivity contribution in [3.8, 4) is 0 Å². The first kappa shape index (κ1) is 29.1. The molecule has 0 amide bonds. The van der Waals surface area contributed by atoms with E-state index in [1.165, 1.54) is 6.42 Å². The summed E-state index contributed by atoms with van der Waals surface area (Å²) in [7, 11) is 7.30. The molecular weight excluding hydrogens is 432 g/mol. The summed E-state index contributed by atoms with van der Waals surface area (Å²) in [4.78, 5) is 0. The molecule has 0 radical (unpaired) electrons. The predicted octanol–water partition coefficient (Wildman–Crippen LogP) is 8.49. The van der Waals surface area contributed by atoms with Gasteiger partial charge in [-0.1, -0.05) is 118 Å². The third kappa shape index (κ3) is 18.6. The minimum absolute atomic E-state index is 0.114. The van der Waals surface area contributed by atoms with Crippen molar-refractivity contribution in [3.63, 3.8) is 0 Å². The summed E-state index contributed by atoms with van der Waals surface area (Å²) in [6.07, 6.45) is 30.9. The molecule has 0 aliphatic carbocycles. The van der Waals surface area contributed by atoms with E-state index in [0.717, 1.165) is 25.7 Å². The van der Waals surface area contributed by atoms with Gasteiger partial charge in [0.1, 0.15) is 0 Å². The summed E-state index contributed by atoms with van der Waals surface area (Å²) in [5.74, 6) is 0.357. The highest BCUT2D eigenvalue weighted by atomic mass is 32.4. The molecule has 29 heavy (non-hydrogen) atoms. The Morgan fingerprint density at radius 2 is 1.45 bits per heavy atom. The highest BCUT2D eigenvalue weighted by Crippen LogP contribution is 2.54. The monoisotopic (exact) mass is 472 g/mol. The fourth-order valence-corrected chi connectivity index (χ4v) is 4.19. The molecule has 6 atom stereocenters. The average Bonchev–Trinajstić information content (AvgIpc) is 2.69. The quantitative estimate of drug-likeness (QED) is 0.127. The van der Waals surface area contributed by atoms with Crippen molar-refractivity contribution in [2.75, 3.05) is 0 Å². The minimum atomic E-state index is -0.528. The molecule has 0 saturated carbocycles. The Balaban J connectivity index is 4.44. The predicted molar refractivity (Wildman–Crippen MR) is 144 cm³/mol. The van der Waals surface area contributed by atoms with E-state index < -0.39 is 7.53 Å². The Morgan fingerprint density at radius 1 is 0.828 bits per heavy atom. The van der Waals surface area contributed by atoms with Crippen LogP contribution in [0.1, 0.15) is 52.9 Å². The van der Waals surface area contributed by atoms with Gasteiger partial charge in [-0.25, -0.2) is 0 Å². The maximum Gasteiger partial charge on any atom is 0.0844 e. The SMILES string of the molecule is CC/C=C\CC(/C=C/C=C\C=C/C=C/C(C)C(C/C=C\CCC)OP)OP(P)P. The molecule has 0 fully saturated rings. The Hall–Kier alpha value is 0.0800. The van der Waals surface area contributed by atoms with Crippen LogP contribution in [-0.2, 0) is 9.05 Å². The average molecular weight is 472 g/mol. The topological polar surface area (TPSA) is 18.5 Å². The normalized spacial score (nSPS) is 16.7. The number of hydrogen-bond donors (Lipinski definition) is 0. The van der Waals surface area contributed by atoms with Gasteiger partial charge in [-0.05, 0) is 25.7 Å². The number of allylic oxidation sites excluding steroid dienone is 8. The highest BCUT2D eigenvalue weighted by molar-refractivity contribution is 8.41. The summed E-state index contributed by atoms with van der Waals surface area (Å²) < 4.78 is 11.4. The second-order valence-electron chi connectivity index (χ2n) is 6.69. The van der Waals surface area contributed by atoms with E-state index in [4.69, 9.17) is 9.05 Å². The van der Waals surface area contributed by atoms with Crippen molar-refractivity contribution in [3.05, 3.63) is 72.9 Å². The lowest BCUT2D eigenvalue weighted by Gasteiger charge is -2.17. The van der Waals surface area contributed by atoms with Crippen LogP contribution in [0.3, 0.4) is 0 Å². The molecule has 0 saturated heterocycles. The van der Waals surface area contributed by atoms with Crippen LogP contribution in [0.2, 0.25) is 0 Å². The van der Waals surface area contributed by atoms with Gasteiger partial charge in [-0.3, -0.25) is 0 Å². The molecule has 0 aromatic carbocycles. The first-order valence-electron chi connectivity index (χ1n) is 10.3. The first-order valence-corrected chi connectivity index (χ1v) is 15.3. The van der Waals surface area contributed by atoms with Gasteiger partial charge in [0, 0.05) is 15.4 Å². The second-order valence-corrected chi connectivity index (χ2v) is 12.7. The molecule has 6 heteroatoms. The van der Waals surface area contributed by atoms with Gasteiger partial charge < -0.3 is 9.05 Å². The summed E-state index contributed by atoms with van der Waals surface area (Å²) >= 11 is 0. The molecule has 0 bridgehead atoms. The lowest BCUT2D eigenvalue weighted by atomic mass is 10.0. The number of rotatable bonds is 16. The summed E-state index contributed by atoms with van der Waals surface area (Å²) in [5, 5.41) is 0. The maximum atomic E-state index is 5.91. The van der Waals surface area contributed by atoms with Crippen LogP contribution < -0.4 is 0 Å². The van der Waals surface area contributed by atoms with E-state index in [1.807, 2.05) is 18.2 Å². The van der Waals surface area contributed by atoms with Gasteiger partial charge in [0.2, 0.25) is 0 Å². The van der Waals surface area contributed by atoms with E-state index >= 15 is 0 Å². The lowest BCUT2D eigenvalue weighted by Crippen LogP contribution is -2.15. The molecule has 164 valence electrons. The van der Waals surface area contributed by atoms with Gasteiger partial charge >= 0.3 is 0 Å².